The Labute approximate surface area is 144 Å². The molecule has 0 fully saturated rings. The number of methoxy groups -OCH3 is 1. The molecule has 0 saturated carbocycles. The molecule has 1 aromatic carbocycles. The predicted molar refractivity (Wildman–Crippen MR) is 93.4 cm³/mol. The van der Waals surface area contributed by atoms with Gasteiger partial charge in [0.1, 0.15) is 18.1 Å². The van der Waals surface area contributed by atoms with Crippen LogP contribution < -0.4 is 20.5 Å². The maximum absolute atomic E-state index is 12.4. The third-order valence-electron chi connectivity index (χ3n) is 4.08. The van der Waals surface area contributed by atoms with Crippen LogP contribution in [-0.4, -0.2) is 32.2 Å². The van der Waals surface area contributed by atoms with Gasteiger partial charge in [-0.15, -0.1) is 12.4 Å². The first-order valence-corrected chi connectivity index (χ1v) is 7.98. The second kappa shape index (κ2) is 9.63. The number of hydrogen-bond donors (Lipinski definition) is 2. The molecule has 0 saturated heterocycles. The van der Waals surface area contributed by atoms with Crippen LogP contribution in [0, 0.1) is 5.92 Å². The number of nitrogens with one attached hydrogen (secondary N) is 1. The van der Waals surface area contributed by atoms with E-state index >= 15 is 0 Å². The summed E-state index contributed by atoms with van der Waals surface area (Å²) in [5.74, 6) is 1.48. The Morgan fingerprint density at radius 3 is 2.96 bits per heavy atom. The van der Waals surface area contributed by atoms with Gasteiger partial charge in [-0.25, -0.2) is 0 Å². The zero-order valence-corrected chi connectivity index (χ0v) is 14.7. The van der Waals surface area contributed by atoms with E-state index in [1.54, 1.807) is 7.11 Å². The van der Waals surface area contributed by atoms with E-state index in [1.807, 2.05) is 18.2 Å². The van der Waals surface area contributed by atoms with Crippen molar-refractivity contribution in [2.45, 2.75) is 38.6 Å². The van der Waals surface area contributed by atoms with Crippen molar-refractivity contribution in [3.8, 4) is 11.5 Å². The molecular formula is C17H27ClN2O3. The Hall–Kier alpha value is -1.46. The molecule has 1 heterocycles. The van der Waals surface area contributed by atoms with E-state index in [9.17, 15) is 4.79 Å². The molecule has 3 N–H and O–H groups in total. The number of hydrogen-bond acceptors (Lipinski definition) is 4. The second-order valence-electron chi connectivity index (χ2n) is 5.77. The lowest BCUT2D eigenvalue weighted by atomic mass is 9.95. The monoisotopic (exact) mass is 342 g/mol. The van der Waals surface area contributed by atoms with Gasteiger partial charge in [0.15, 0.2) is 0 Å². The molecule has 0 radical (unpaired) electrons. The number of ether oxygens (including phenoxy) is 2. The number of fused-ring (bicyclic) bond motifs is 1. The molecule has 1 aromatic rings. The molecule has 1 aliphatic heterocycles. The Bertz CT molecular complexity index is 511. The molecule has 0 bridgehead atoms. The summed E-state index contributed by atoms with van der Waals surface area (Å²) in [4.78, 5) is 12.4. The quantitative estimate of drug-likeness (QED) is 0.797. The smallest absolute Gasteiger partial charge is 0.227 e. The summed E-state index contributed by atoms with van der Waals surface area (Å²) in [6, 6.07) is 5.76. The lowest BCUT2D eigenvalue weighted by Crippen LogP contribution is -2.45. The van der Waals surface area contributed by atoms with Gasteiger partial charge in [-0.3, -0.25) is 4.79 Å². The molecule has 5 nitrogen and oxygen atoms in total. The summed E-state index contributed by atoms with van der Waals surface area (Å²) >= 11 is 0. The third-order valence-corrected chi connectivity index (χ3v) is 4.08. The van der Waals surface area contributed by atoms with Gasteiger partial charge in [0.2, 0.25) is 5.91 Å². The highest BCUT2D eigenvalue weighted by Crippen LogP contribution is 2.30. The van der Waals surface area contributed by atoms with Crippen LogP contribution in [0.15, 0.2) is 18.2 Å². The van der Waals surface area contributed by atoms with Crippen molar-refractivity contribution in [3.63, 3.8) is 0 Å². The Balaban J connectivity index is 0.00000264. The highest BCUT2D eigenvalue weighted by Gasteiger charge is 2.27. The van der Waals surface area contributed by atoms with Gasteiger partial charge in [-0.1, -0.05) is 19.8 Å². The number of rotatable bonds is 7. The highest BCUT2D eigenvalue weighted by molar-refractivity contribution is 5.85. The lowest BCUT2D eigenvalue weighted by Gasteiger charge is -2.27. The zero-order valence-electron chi connectivity index (χ0n) is 13.8. The summed E-state index contributed by atoms with van der Waals surface area (Å²) in [6.07, 6.45) is 3.77. The zero-order chi connectivity index (χ0) is 15.9. The second-order valence-corrected chi connectivity index (χ2v) is 5.77. The average Bonchev–Trinajstić information content (AvgIpc) is 2.57. The van der Waals surface area contributed by atoms with E-state index in [0.29, 0.717) is 19.6 Å². The Kier molecular flexibility index (Phi) is 8.20. The van der Waals surface area contributed by atoms with E-state index in [-0.39, 0.29) is 30.3 Å². The van der Waals surface area contributed by atoms with Crippen LogP contribution in [-0.2, 0) is 11.2 Å². The van der Waals surface area contributed by atoms with Crippen molar-refractivity contribution in [3.05, 3.63) is 23.8 Å². The maximum Gasteiger partial charge on any atom is 0.227 e. The molecule has 23 heavy (non-hydrogen) atoms. The molecular weight excluding hydrogens is 316 g/mol. The third kappa shape index (κ3) is 5.29. The van der Waals surface area contributed by atoms with E-state index in [2.05, 4.69) is 12.2 Å². The number of carbonyl (C=O) groups excluding carboxylic acids is 1. The molecule has 1 amide bonds. The highest BCUT2D eigenvalue weighted by atomic mass is 35.5. The van der Waals surface area contributed by atoms with E-state index in [0.717, 1.165) is 36.3 Å². The van der Waals surface area contributed by atoms with E-state index in [1.165, 1.54) is 0 Å². The number of carbonyl (C=O) groups is 1. The molecule has 6 heteroatoms. The van der Waals surface area contributed by atoms with Gasteiger partial charge in [0.05, 0.1) is 13.0 Å². The van der Waals surface area contributed by atoms with E-state index in [4.69, 9.17) is 15.2 Å². The van der Waals surface area contributed by atoms with Crippen molar-refractivity contribution in [1.29, 1.82) is 0 Å². The normalized spacial score (nSPS) is 17.3. The number of halogens is 1. The van der Waals surface area contributed by atoms with Gasteiger partial charge in [0, 0.05) is 12.6 Å². The minimum Gasteiger partial charge on any atom is -0.497 e. The van der Waals surface area contributed by atoms with Crippen molar-refractivity contribution >= 4 is 18.3 Å². The number of unbranched alkanes of at least 4 members (excludes halogenated alkanes) is 1. The van der Waals surface area contributed by atoms with Gasteiger partial charge >= 0.3 is 0 Å². The largest absolute Gasteiger partial charge is 0.497 e. The van der Waals surface area contributed by atoms with Crippen LogP contribution in [0.2, 0.25) is 0 Å². The molecule has 2 rings (SSSR count). The first kappa shape index (κ1) is 19.6. The topological polar surface area (TPSA) is 73.6 Å². The predicted octanol–water partition coefficient (Wildman–Crippen LogP) is 2.30. The van der Waals surface area contributed by atoms with E-state index < -0.39 is 0 Å². The average molecular weight is 343 g/mol. The standard InChI is InChI=1S/C17H26N2O3.ClH/c1-3-4-5-14(10-18)19-17(20)13-8-12-9-15(21-2)6-7-16(12)22-11-13;/h6-7,9,13-14H,3-5,8,10-11,18H2,1-2H3,(H,19,20);1H. The Morgan fingerprint density at radius 1 is 1.52 bits per heavy atom. The molecule has 0 spiro atoms. The number of benzene rings is 1. The molecule has 2 unspecified atom stereocenters. The van der Waals surface area contributed by atoms with Gasteiger partial charge < -0.3 is 20.5 Å². The van der Waals surface area contributed by atoms with Crippen LogP contribution in [0.5, 0.6) is 11.5 Å². The van der Waals surface area contributed by atoms with Crippen LogP contribution in [0.25, 0.3) is 0 Å². The van der Waals surface area contributed by atoms with Crippen LogP contribution in [0.4, 0.5) is 0 Å². The molecule has 0 aromatic heterocycles. The molecule has 0 aliphatic carbocycles. The number of amides is 1. The van der Waals surface area contributed by atoms with Crippen molar-refractivity contribution in [2.75, 3.05) is 20.3 Å². The minimum atomic E-state index is -0.171. The van der Waals surface area contributed by atoms with Crippen molar-refractivity contribution < 1.29 is 14.3 Å². The van der Waals surface area contributed by atoms with Gasteiger partial charge in [-0.2, -0.15) is 0 Å². The van der Waals surface area contributed by atoms with Crippen LogP contribution in [0.1, 0.15) is 31.7 Å². The summed E-state index contributed by atoms with van der Waals surface area (Å²) in [5, 5.41) is 3.06. The van der Waals surface area contributed by atoms with Crippen LogP contribution in [0.3, 0.4) is 0 Å². The summed E-state index contributed by atoms with van der Waals surface area (Å²) < 4.78 is 10.9. The SMILES string of the molecule is CCCCC(CN)NC(=O)C1COc2ccc(OC)cc2C1.Cl. The molecule has 2 atom stereocenters. The number of nitrogens with two attached hydrogens (primary N) is 1. The summed E-state index contributed by atoms with van der Waals surface area (Å²) in [6.45, 7) is 3.02. The summed E-state index contributed by atoms with van der Waals surface area (Å²) in [7, 11) is 1.63. The fourth-order valence-electron chi connectivity index (χ4n) is 2.68. The fraction of sp³-hybridized carbons (Fsp3) is 0.588. The minimum absolute atomic E-state index is 0. The van der Waals surface area contributed by atoms with Gasteiger partial charge in [0.25, 0.3) is 0 Å². The maximum atomic E-state index is 12.4. The molecule has 1 aliphatic rings. The van der Waals surface area contributed by atoms with Crippen molar-refractivity contribution in [2.24, 2.45) is 11.7 Å². The van der Waals surface area contributed by atoms with Crippen LogP contribution >= 0.6 is 12.4 Å². The summed E-state index contributed by atoms with van der Waals surface area (Å²) in [5.41, 5.74) is 6.76. The first-order valence-electron chi connectivity index (χ1n) is 7.98. The Morgan fingerprint density at radius 2 is 2.30 bits per heavy atom. The first-order chi connectivity index (χ1) is 10.7. The van der Waals surface area contributed by atoms with Crippen molar-refractivity contribution in [1.82, 2.24) is 5.32 Å². The van der Waals surface area contributed by atoms with Gasteiger partial charge in [-0.05, 0) is 36.6 Å². The molecule has 130 valence electrons. The lowest BCUT2D eigenvalue weighted by molar-refractivity contribution is -0.127. The fourth-order valence-corrected chi connectivity index (χ4v) is 2.68.